The number of aliphatic hydroxyl groups excluding tert-OH is 1. The SMILES string of the molecule is CS[C@H](CO)[C@H](C)NC(=O)C[C@@H]1C=CCC1. The van der Waals surface area contributed by atoms with Gasteiger partial charge in [0.2, 0.25) is 5.91 Å². The normalized spacial score (nSPS) is 23.1. The zero-order valence-electron chi connectivity index (χ0n) is 9.98. The van der Waals surface area contributed by atoms with Crippen LogP contribution in [0.1, 0.15) is 26.2 Å². The molecule has 0 bridgehead atoms. The molecule has 2 N–H and O–H groups in total. The maximum atomic E-state index is 11.7. The predicted octanol–water partition coefficient (Wildman–Crippen LogP) is 1.57. The molecule has 0 heterocycles. The Balaban J connectivity index is 2.29. The summed E-state index contributed by atoms with van der Waals surface area (Å²) >= 11 is 1.58. The Labute approximate surface area is 102 Å². The van der Waals surface area contributed by atoms with Gasteiger partial charge in [0, 0.05) is 17.7 Å². The van der Waals surface area contributed by atoms with Crippen LogP contribution in [0.2, 0.25) is 0 Å². The van der Waals surface area contributed by atoms with Crippen LogP contribution in [-0.2, 0) is 4.79 Å². The molecule has 0 radical (unpaired) electrons. The van der Waals surface area contributed by atoms with Crippen molar-refractivity contribution in [2.45, 2.75) is 37.5 Å². The van der Waals surface area contributed by atoms with Crippen molar-refractivity contribution in [3.63, 3.8) is 0 Å². The van der Waals surface area contributed by atoms with Crippen LogP contribution in [0.15, 0.2) is 12.2 Å². The molecular weight excluding hydrogens is 222 g/mol. The summed E-state index contributed by atoms with van der Waals surface area (Å²) in [5, 5.41) is 12.2. The third kappa shape index (κ3) is 4.18. The standard InChI is InChI=1S/C12H21NO2S/c1-9(11(8-14)16-2)13-12(15)7-10-5-3-4-6-10/h3,5,9-11,14H,4,6-8H2,1-2H3,(H,13,15)/t9-,10+,11+/m0/s1. The van der Waals surface area contributed by atoms with Crippen molar-refractivity contribution in [1.82, 2.24) is 5.32 Å². The summed E-state index contributed by atoms with van der Waals surface area (Å²) in [4.78, 5) is 11.7. The molecule has 0 spiro atoms. The lowest BCUT2D eigenvalue weighted by Crippen LogP contribution is -2.41. The third-order valence-electron chi connectivity index (χ3n) is 2.99. The van der Waals surface area contributed by atoms with E-state index in [4.69, 9.17) is 5.11 Å². The van der Waals surface area contributed by atoms with Gasteiger partial charge in [0.15, 0.2) is 0 Å². The number of allylic oxidation sites excluding steroid dienone is 2. The Kier molecular flexibility index (Phi) is 5.91. The lowest BCUT2D eigenvalue weighted by atomic mass is 10.0. The summed E-state index contributed by atoms with van der Waals surface area (Å²) in [6, 6.07) is 0.0258. The monoisotopic (exact) mass is 243 g/mol. The van der Waals surface area contributed by atoms with Crippen molar-refractivity contribution >= 4 is 17.7 Å². The number of nitrogens with one attached hydrogen (secondary N) is 1. The number of carbonyl (C=O) groups is 1. The highest BCUT2D eigenvalue weighted by Crippen LogP contribution is 2.20. The number of amides is 1. The summed E-state index contributed by atoms with van der Waals surface area (Å²) in [6.07, 6.45) is 8.98. The van der Waals surface area contributed by atoms with Gasteiger partial charge >= 0.3 is 0 Å². The van der Waals surface area contributed by atoms with Gasteiger partial charge in [-0.15, -0.1) is 0 Å². The first kappa shape index (κ1) is 13.6. The van der Waals surface area contributed by atoms with Crippen LogP contribution < -0.4 is 5.32 Å². The molecule has 0 aromatic rings. The van der Waals surface area contributed by atoms with Crippen molar-refractivity contribution in [3.05, 3.63) is 12.2 Å². The van der Waals surface area contributed by atoms with Crippen molar-refractivity contribution in [2.24, 2.45) is 5.92 Å². The maximum Gasteiger partial charge on any atom is 0.220 e. The quantitative estimate of drug-likeness (QED) is 0.696. The van der Waals surface area contributed by atoms with E-state index in [1.807, 2.05) is 13.2 Å². The van der Waals surface area contributed by atoms with E-state index in [9.17, 15) is 4.79 Å². The first-order chi connectivity index (χ1) is 7.67. The molecule has 3 nitrogen and oxygen atoms in total. The van der Waals surface area contributed by atoms with Gasteiger partial charge in [-0.25, -0.2) is 0 Å². The summed E-state index contributed by atoms with van der Waals surface area (Å²) in [6.45, 7) is 2.05. The van der Waals surface area contributed by atoms with Crippen LogP contribution >= 0.6 is 11.8 Å². The van der Waals surface area contributed by atoms with E-state index in [2.05, 4.69) is 17.5 Å². The average molecular weight is 243 g/mol. The Bertz CT molecular complexity index is 251. The van der Waals surface area contributed by atoms with E-state index >= 15 is 0 Å². The van der Waals surface area contributed by atoms with Gasteiger partial charge in [-0.3, -0.25) is 4.79 Å². The molecule has 92 valence electrons. The Morgan fingerprint density at radius 1 is 1.69 bits per heavy atom. The van der Waals surface area contributed by atoms with E-state index in [1.165, 1.54) is 0 Å². The highest BCUT2D eigenvalue weighted by molar-refractivity contribution is 7.99. The van der Waals surface area contributed by atoms with Crippen LogP contribution in [0.3, 0.4) is 0 Å². The second-order valence-corrected chi connectivity index (χ2v) is 5.36. The van der Waals surface area contributed by atoms with Crippen molar-refractivity contribution in [3.8, 4) is 0 Å². The van der Waals surface area contributed by atoms with E-state index in [0.29, 0.717) is 12.3 Å². The predicted molar refractivity (Wildman–Crippen MR) is 68.5 cm³/mol. The molecule has 4 heteroatoms. The van der Waals surface area contributed by atoms with Crippen molar-refractivity contribution in [1.29, 1.82) is 0 Å². The molecular formula is C12H21NO2S. The van der Waals surface area contributed by atoms with Gasteiger partial charge in [-0.05, 0) is 31.9 Å². The minimum atomic E-state index is 0.0258. The van der Waals surface area contributed by atoms with E-state index < -0.39 is 0 Å². The van der Waals surface area contributed by atoms with Crippen molar-refractivity contribution < 1.29 is 9.90 Å². The number of hydrogen-bond acceptors (Lipinski definition) is 3. The number of aliphatic hydroxyl groups is 1. The van der Waals surface area contributed by atoms with Gasteiger partial charge in [-0.1, -0.05) is 12.2 Å². The molecule has 1 aliphatic rings. The lowest BCUT2D eigenvalue weighted by Gasteiger charge is -2.21. The molecule has 0 aliphatic heterocycles. The molecule has 1 aliphatic carbocycles. The number of hydrogen-bond donors (Lipinski definition) is 2. The highest BCUT2D eigenvalue weighted by atomic mass is 32.2. The van der Waals surface area contributed by atoms with Crippen LogP contribution in [0.4, 0.5) is 0 Å². The summed E-state index contributed by atoms with van der Waals surface area (Å²) < 4.78 is 0. The molecule has 1 rings (SSSR count). The molecule has 16 heavy (non-hydrogen) atoms. The molecule has 3 atom stereocenters. The topological polar surface area (TPSA) is 49.3 Å². The van der Waals surface area contributed by atoms with Crippen LogP contribution in [0.5, 0.6) is 0 Å². The van der Waals surface area contributed by atoms with E-state index in [-0.39, 0.29) is 23.8 Å². The molecule has 0 saturated carbocycles. The highest BCUT2D eigenvalue weighted by Gasteiger charge is 2.19. The largest absolute Gasteiger partial charge is 0.395 e. The Hall–Kier alpha value is -0.480. The van der Waals surface area contributed by atoms with Crippen LogP contribution in [0, 0.1) is 5.92 Å². The Morgan fingerprint density at radius 3 is 2.94 bits per heavy atom. The smallest absolute Gasteiger partial charge is 0.220 e. The zero-order chi connectivity index (χ0) is 12.0. The van der Waals surface area contributed by atoms with Gasteiger partial charge in [-0.2, -0.15) is 11.8 Å². The number of rotatable bonds is 6. The summed E-state index contributed by atoms with van der Waals surface area (Å²) in [5.74, 6) is 0.505. The van der Waals surface area contributed by atoms with Gasteiger partial charge < -0.3 is 10.4 Å². The van der Waals surface area contributed by atoms with Crippen LogP contribution in [0.25, 0.3) is 0 Å². The molecule has 0 unspecified atom stereocenters. The second-order valence-electron chi connectivity index (χ2n) is 4.28. The third-order valence-corrected chi connectivity index (χ3v) is 4.15. The zero-order valence-corrected chi connectivity index (χ0v) is 10.8. The van der Waals surface area contributed by atoms with E-state index in [0.717, 1.165) is 12.8 Å². The first-order valence-corrected chi connectivity index (χ1v) is 7.05. The average Bonchev–Trinajstić information content (AvgIpc) is 2.71. The fraction of sp³-hybridized carbons (Fsp3) is 0.750. The molecule has 1 amide bonds. The van der Waals surface area contributed by atoms with Crippen molar-refractivity contribution in [2.75, 3.05) is 12.9 Å². The van der Waals surface area contributed by atoms with Gasteiger partial charge in [0.25, 0.3) is 0 Å². The summed E-state index contributed by atoms with van der Waals surface area (Å²) in [7, 11) is 0. The molecule has 0 aromatic carbocycles. The molecule has 0 fully saturated rings. The fourth-order valence-corrected chi connectivity index (χ4v) is 2.57. The number of thioether (sulfide) groups is 1. The fourth-order valence-electron chi connectivity index (χ4n) is 1.95. The minimum absolute atomic E-state index is 0.0258. The summed E-state index contributed by atoms with van der Waals surface area (Å²) in [5.41, 5.74) is 0. The number of carbonyl (C=O) groups excluding carboxylic acids is 1. The Morgan fingerprint density at radius 2 is 2.44 bits per heavy atom. The molecule has 0 aromatic heterocycles. The van der Waals surface area contributed by atoms with Crippen LogP contribution in [-0.4, -0.2) is 35.2 Å². The first-order valence-electron chi connectivity index (χ1n) is 5.77. The van der Waals surface area contributed by atoms with Gasteiger partial charge in [0.05, 0.1) is 6.61 Å². The molecule has 0 saturated heterocycles. The minimum Gasteiger partial charge on any atom is -0.395 e. The van der Waals surface area contributed by atoms with E-state index in [1.54, 1.807) is 11.8 Å². The second kappa shape index (κ2) is 6.97. The van der Waals surface area contributed by atoms with Gasteiger partial charge in [0.1, 0.15) is 0 Å². The maximum absolute atomic E-state index is 11.7. The lowest BCUT2D eigenvalue weighted by molar-refractivity contribution is -0.122.